The zero-order valence-electron chi connectivity index (χ0n) is 6.30. The van der Waals surface area contributed by atoms with Crippen LogP contribution in [0.1, 0.15) is 6.42 Å². The third-order valence-electron chi connectivity index (χ3n) is 1.62. The molecule has 1 heterocycles. The molecule has 58 valence electrons. The molecule has 1 aliphatic heterocycles. The fraction of sp³-hybridized carbons (Fsp3) is 0.222. The van der Waals surface area contributed by atoms with E-state index in [1.165, 1.54) is 6.08 Å². The molecule has 1 aliphatic rings. The van der Waals surface area contributed by atoms with Gasteiger partial charge in [-0.1, -0.05) is 25.3 Å². The Hall–Kier alpha value is -1.31. The lowest BCUT2D eigenvalue weighted by Crippen LogP contribution is -2.15. The summed E-state index contributed by atoms with van der Waals surface area (Å²) in [4.78, 5) is 11.0. The molecule has 0 fully saturated rings. The topological polar surface area (TPSA) is 26.3 Å². The molecule has 0 spiro atoms. The van der Waals surface area contributed by atoms with Gasteiger partial charge in [0.25, 0.3) is 0 Å². The van der Waals surface area contributed by atoms with Gasteiger partial charge in [-0.15, -0.1) is 0 Å². The van der Waals surface area contributed by atoms with Crippen LogP contribution in [0.2, 0.25) is 0 Å². The molecular weight excluding hydrogens is 140 g/mol. The third kappa shape index (κ3) is 1.40. The van der Waals surface area contributed by atoms with Crippen LogP contribution in [0.4, 0.5) is 0 Å². The van der Waals surface area contributed by atoms with E-state index in [0.29, 0.717) is 12.2 Å². The van der Waals surface area contributed by atoms with Crippen molar-refractivity contribution in [2.45, 2.75) is 6.42 Å². The number of ether oxygens (including phenoxy) is 1. The second-order valence-corrected chi connectivity index (χ2v) is 2.23. The normalized spacial score (nSPS) is 17.6. The molecule has 0 aromatic heterocycles. The van der Waals surface area contributed by atoms with Crippen LogP contribution in [0.5, 0.6) is 0 Å². The molecular formula is C9H10O2. The fourth-order valence-corrected chi connectivity index (χ4v) is 1.02. The van der Waals surface area contributed by atoms with Crippen LogP contribution in [-0.4, -0.2) is 12.6 Å². The molecule has 0 saturated carbocycles. The summed E-state index contributed by atoms with van der Waals surface area (Å²) in [7, 11) is 0. The highest BCUT2D eigenvalue weighted by molar-refractivity contribution is 5.93. The van der Waals surface area contributed by atoms with Crippen molar-refractivity contribution in [3.63, 3.8) is 0 Å². The maximum Gasteiger partial charge on any atom is 0.338 e. The predicted molar refractivity (Wildman–Crippen MR) is 43.0 cm³/mol. The van der Waals surface area contributed by atoms with E-state index >= 15 is 0 Å². The summed E-state index contributed by atoms with van der Waals surface area (Å²) >= 11 is 0. The number of hydrogen-bond acceptors (Lipinski definition) is 2. The second kappa shape index (κ2) is 3.19. The van der Waals surface area contributed by atoms with Crippen LogP contribution in [0, 0.1) is 0 Å². The van der Waals surface area contributed by atoms with Gasteiger partial charge in [-0.3, -0.25) is 0 Å². The Balaban J connectivity index is 3.04. The number of carbonyl (C=O) groups is 1. The highest BCUT2D eigenvalue weighted by Crippen LogP contribution is 2.17. The van der Waals surface area contributed by atoms with Gasteiger partial charge in [0.2, 0.25) is 0 Å². The lowest BCUT2D eigenvalue weighted by atomic mass is 10.0. The minimum absolute atomic E-state index is 0.291. The van der Waals surface area contributed by atoms with E-state index in [-0.39, 0.29) is 5.97 Å². The maximum absolute atomic E-state index is 11.0. The van der Waals surface area contributed by atoms with Gasteiger partial charge < -0.3 is 4.74 Å². The molecule has 0 N–H and O–H groups in total. The molecule has 11 heavy (non-hydrogen) atoms. The third-order valence-corrected chi connectivity index (χ3v) is 1.62. The minimum atomic E-state index is -0.291. The first kappa shape index (κ1) is 7.79. The monoisotopic (exact) mass is 150 g/mol. The van der Waals surface area contributed by atoms with Crippen LogP contribution in [0.15, 0.2) is 36.5 Å². The van der Waals surface area contributed by atoms with Crippen LogP contribution in [-0.2, 0) is 9.53 Å². The van der Waals surface area contributed by atoms with E-state index in [4.69, 9.17) is 4.74 Å². The number of cyclic esters (lactones) is 1. The number of hydrogen-bond donors (Lipinski definition) is 0. The zero-order valence-corrected chi connectivity index (χ0v) is 6.30. The number of rotatable bonds is 2. The van der Waals surface area contributed by atoms with Crippen molar-refractivity contribution < 1.29 is 9.53 Å². The van der Waals surface area contributed by atoms with Crippen LogP contribution >= 0.6 is 0 Å². The van der Waals surface area contributed by atoms with E-state index in [9.17, 15) is 4.79 Å². The zero-order chi connectivity index (χ0) is 8.27. The first-order valence-corrected chi connectivity index (χ1v) is 3.44. The first-order valence-electron chi connectivity index (χ1n) is 3.44. The van der Waals surface area contributed by atoms with Gasteiger partial charge in [0, 0.05) is 6.42 Å². The van der Waals surface area contributed by atoms with Gasteiger partial charge in [-0.2, -0.15) is 0 Å². The highest BCUT2D eigenvalue weighted by atomic mass is 16.5. The standard InChI is InChI=1S/C9H10O2/c1-3-7-5-6-11-9(10)8(7)4-2/h3-4H,1-2,5-6H2. The summed E-state index contributed by atoms with van der Waals surface area (Å²) in [6.07, 6.45) is 3.94. The number of esters is 1. The SMILES string of the molecule is C=CC1=C(C=C)C(=O)OCC1. The molecule has 1 rings (SSSR count). The smallest absolute Gasteiger partial charge is 0.338 e. The molecule has 0 saturated heterocycles. The van der Waals surface area contributed by atoms with Crippen molar-refractivity contribution in [2.75, 3.05) is 6.61 Å². The maximum atomic E-state index is 11.0. The molecule has 0 amide bonds. The van der Waals surface area contributed by atoms with Gasteiger partial charge in [-0.05, 0) is 5.57 Å². The summed E-state index contributed by atoms with van der Waals surface area (Å²) in [5.74, 6) is -0.291. The van der Waals surface area contributed by atoms with Gasteiger partial charge in [0.05, 0.1) is 12.2 Å². The molecule has 0 radical (unpaired) electrons. The summed E-state index contributed by atoms with van der Waals surface area (Å²) < 4.78 is 4.80. The summed E-state index contributed by atoms with van der Waals surface area (Å²) in [5, 5.41) is 0. The Morgan fingerprint density at radius 1 is 1.36 bits per heavy atom. The summed E-state index contributed by atoms with van der Waals surface area (Å²) in [6, 6.07) is 0. The molecule has 0 aliphatic carbocycles. The van der Waals surface area contributed by atoms with Crippen molar-refractivity contribution in [3.05, 3.63) is 36.5 Å². The molecule has 2 nitrogen and oxygen atoms in total. The lowest BCUT2D eigenvalue weighted by Gasteiger charge is -2.14. The fourth-order valence-electron chi connectivity index (χ4n) is 1.02. The van der Waals surface area contributed by atoms with E-state index in [2.05, 4.69) is 13.2 Å². The highest BCUT2D eigenvalue weighted by Gasteiger charge is 2.16. The van der Waals surface area contributed by atoms with Gasteiger partial charge in [0.1, 0.15) is 0 Å². The van der Waals surface area contributed by atoms with Crippen molar-refractivity contribution in [1.82, 2.24) is 0 Å². The van der Waals surface area contributed by atoms with Crippen molar-refractivity contribution in [3.8, 4) is 0 Å². The average molecular weight is 150 g/mol. The Labute approximate surface area is 65.9 Å². The molecule has 0 atom stereocenters. The number of carbonyl (C=O) groups excluding carboxylic acids is 1. The first-order chi connectivity index (χ1) is 5.29. The summed E-state index contributed by atoms with van der Waals surface area (Å²) in [6.45, 7) is 7.59. The molecule has 0 bridgehead atoms. The number of allylic oxidation sites excluding steroid dienone is 1. The molecule has 0 aromatic carbocycles. The lowest BCUT2D eigenvalue weighted by molar-refractivity contribution is -0.139. The van der Waals surface area contributed by atoms with Gasteiger partial charge in [0.15, 0.2) is 0 Å². The van der Waals surface area contributed by atoms with Crippen molar-refractivity contribution >= 4 is 5.97 Å². The second-order valence-electron chi connectivity index (χ2n) is 2.23. The van der Waals surface area contributed by atoms with Crippen molar-refractivity contribution in [1.29, 1.82) is 0 Å². The predicted octanol–water partition coefficient (Wildman–Crippen LogP) is 1.60. The van der Waals surface area contributed by atoms with Crippen LogP contribution in [0.25, 0.3) is 0 Å². The van der Waals surface area contributed by atoms with Gasteiger partial charge in [-0.25, -0.2) is 4.79 Å². The van der Waals surface area contributed by atoms with E-state index < -0.39 is 0 Å². The molecule has 0 unspecified atom stereocenters. The van der Waals surface area contributed by atoms with E-state index in [0.717, 1.165) is 12.0 Å². The van der Waals surface area contributed by atoms with Gasteiger partial charge >= 0.3 is 5.97 Å². The quantitative estimate of drug-likeness (QED) is 0.559. The Morgan fingerprint density at radius 3 is 2.55 bits per heavy atom. The Bertz CT molecular complexity index is 236. The van der Waals surface area contributed by atoms with Crippen molar-refractivity contribution in [2.24, 2.45) is 0 Å². The van der Waals surface area contributed by atoms with Crippen LogP contribution < -0.4 is 0 Å². The minimum Gasteiger partial charge on any atom is -0.462 e. The van der Waals surface area contributed by atoms with E-state index in [1.54, 1.807) is 6.08 Å². The Morgan fingerprint density at radius 2 is 2.09 bits per heavy atom. The average Bonchev–Trinajstić information content (AvgIpc) is 2.04. The van der Waals surface area contributed by atoms with E-state index in [1.807, 2.05) is 0 Å². The largest absolute Gasteiger partial charge is 0.462 e. The Kier molecular flexibility index (Phi) is 2.26. The molecule has 0 aromatic rings. The molecule has 2 heteroatoms. The van der Waals surface area contributed by atoms with Crippen LogP contribution in [0.3, 0.4) is 0 Å². The summed E-state index contributed by atoms with van der Waals surface area (Å²) in [5.41, 5.74) is 1.47.